The topological polar surface area (TPSA) is 59.9 Å². The van der Waals surface area contributed by atoms with Crippen LogP contribution in [0, 0.1) is 5.82 Å². The average molecular weight is 434 g/mol. The highest BCUT2D eigenvalue weighted by Gasteiger charge is 2.10. The Morgan fingerprint density at radius 1 is 0.697 bits per heavy atom. The molecule has 6 heteroatoms. The van der Waals surface area contributed by atoms with E-state index in [2.05, 4.69) is 20.3 Å². The number of ether oxygens (including phenoxy) is 1. The van der Waals surface area contributed by atoms with Gasteiger partial charge in [-0.25, -0.2) is 14.4 Å². The largest absolute Gasteiger partial charge is 0.457 e. The number of anilines is 2. The summed E-state index contributed by atoms with van der Waals surface area (Å²) in [5, 5.41) is 3.33. The smallest absolute Gasteiger partial charge is 0.163 e. The van der Waals surface area contributed by atoms with E-state index >= 15 is 0 Å². The molecule has 0 radical (unpaired) electrons. The van der Waals surface area contributed by atoms with Crippen LogP contribution >= 0.6 is 0 Å². The number of hydrogen-bond acceptors (Lipinski definition) is 5. The molecule has 160 valence electrons. The summed E-state index contributed by atoms with van der Waals surface area (Å²) < 4.78 is 19.3. The zero-order valence-electron chi connectivity index (χ0n) is 17.5. The van der Waals surface area contributed by atoms with Crippen LogP contribution in [-0.4, -0.2) is 15.0 Å². The lowest BCUT2D eigenvalue weighted by Crippen LogP contribution is -1.99. The van der Waals surface area contributed by atoms with Gasteiger partial charge in [-0.3, -0.25) is 4.98 Å². The summed E-state index contributed by atoms with van der Waals surface area (Å²) in [5.41, 5.74) is 3.10. The van der Waals surface area contributed by atoms with E-state index in [4.69, 9.17) is 4.74 Å². The van der Waals surface area contributed by atoms with Gasteiger partial charge in [-0.05, 0) is 72.8 Å². The molecule has 0 bridgehead atoms. The Hall–Kier alpha value is -4.58. The second-order valence-corrected chi connectivity index (χ2v) is 7.28. The lowest BCUT2D eigenvalue weighted by atomic mass is 10.1. The van der Waals surface area contributed by atoms with Gasteiger partial charge >= 0.3 is 0 Å². The summed E-state index contributed by atoms with van der Waals surface area (Å²) in [6, 6.07) is 29.0. The van der Waals surface area contributed by atoms with Gasteiger partial charge in [0.1, 0.15) is 23.1 Å². The van der Waals surface area contributed by atoms with Gasteiger partial charge in [0.25, 0.3) is 0 Å². The van der Waals surface area contributed by atoms with Gasteiger partial charge in [0, 0.05) is 35.3 Å². The molecule has 0 saturated heterocycles. The first-order chi connectivity index (χ1) is 16.2. The predicted octanol–water partition coefficient (Wildman–Crippen LogP) is 6.88. The first-order valence-electron chi connectivity index (χ1n) is 10.4. The van der Waals surface area contributed by atoms with Crippen LogP contribution < -0.4 is 10.1 Å². The number of nitrogens with zero attached hydrogens (tertiary/aromatic N) is 3. The van der Waals surface area contributed by atoms with Crippen LogP contribution in [0.3, 0.4) is 0 Å². The van der Waals surface area contributed by atoms with Gasteiger partial charge in [-0.15, -0.1) is 0 Å². The minimum Gasteiger partial charge on any atom is -0.457 e. The summed E-state index contributed by atoms with van der Waals surface area (Å²) in [5.74, 6) is 2.35. The minimum absolute atomic E-state index is 0.295. The fraction of sp³-hybridized carbons (Fsp3) is 0. The number of benzene rings is 3. The predicted molar refractivity (Wildman–Crippen MR) is 127 cm³/mol. The zero-order valence-corrected chi connectivity index (χ0v) is 17.5. The molecule has 0 aliphatic rings. The highest BCUT2D eigenvalue weighted by Crippen LogP contribution is 2.28. The van der Waals surface area contributed by atoms with Crippen molar-refractivity contribution in [2.24, 2.45) is 0 Å². The van der Waals surface area contributed by atoms with Crippen LogP contribution in [-0.2, 0) is 0 Å². The van der Waals surface area contributed by atoms with Crippen molar-refractivity contribution < 1.29 is 9.13 Å². The molecule has 0 spiro atoms. The van der Waals surface area contributed by atoms with Crippen molar-refractivity contribution in [3.8, 4) is 34.1 Å². The molecule has 5 rings (SSSR count). The molecular weight excluding hydrogens is 415 g/mol. The molecule has 2 heterocycles. The molecule has 0 aliphatic carbocycles. The average Bonchev–Trinajstić information content (AvgIpc) is 2.87. The molecule has 0 amide bonds. The second kappa shape index (κ2) is 9.28. The molecule has 0 atom stereocenters. The van der Waals surface area contributed by atoms with E-state index in [0.29, 0.717) is 17.3 Å². The maximum atomic E-state index is 13.4. The molecule has 0 fully saturated rings. The minimum atomic E-state index is -0.295. The monoisotopic (exact) mass is 434 g/mol. The fourth-order valence-electron chi connectivity index (χ4n) is 3.28. The van der Waals surface area contributed by atoms with E-state index in [1.807, 2.05) is 72.8 Å². The molecule has 2 aromatic heterocycles. The van der Waals surface area contributed by atoms with Crippen molar-refractivity contribution >= 4 is 11.5 Å². The maximum Gasteiger partial charge on any atom is 0.163 e. The van der Waals surface area contributed by atoms with Gasteiger partial charge in [0.2, 0.25) is 0 Å². The first kappa shape index (κ1) is 20.3. The van der Waals surface area contributed by atoms with Crippen LogP contribution in [0.5, 0.6) is 11.5 Å². The van der Waals surface area contributed by atoms with Crippen molar-refractivity contribution in [2.45, 2.75) is 0 Å². The molecular formula is C27H19FN4O. The van der Waals surface area contributed by atoms with E-state index in [1.54, 1.807) is 24.5 Å². The van der Waals surface area contributed by atoms with E-state index < -0.39 is 0 Å². The molecule has 0 saturated carbocycles. The Kier molecular flexibility index (Phi) is 5.72. The summed E-state index contributed by atoms with van der Waals surface area (Å²) in [6.45, 7) is 0. The van der Waals surface area contributed by atoms with Gasteiger partial charge in [-0.2, -0.15) is 0 Å². The number of halogens is 1. The van der Waals surface area contributed by atoms with Gasteiger partial charge in [0.15, 0.2) is 5.82 Å². The van der Waals surface area contributed by atoms with Gasteiger partial charge in [0.05, 0.1) is 5.69 Å². The molecule has 3 aromatic carbocycles. The molecule has 1 N–H and O–H groups in total. The third kappa shape index (κ3) is 5.02. The van der Waals surface area contributed by atoms with Crippen molar-refractivity contribution in [1.29, 1.82) is 0 Å². The maximum absolute atomic E-state index is 13.4. The number of aromatic nitrogens is 3. The summed E-state index contributed by atoms with van der Waals surface area (Å²) in [7, 11) is 0. The number of hydrogen-bond donors (Lipinski definition) is 1. The molecule has 33 heavy (non-hydrogen) atoms. The Morgan fingerprint density at radius 2 is 1.45 bits per heavy atom. The Labute approximate surface area is 190 Å². The van der Waals surface area contributed by atoms with E-state index in [1.165, 1.54) is 12.1 Å². The highest BCUT2D eigenvalue weighted by atomic mass is 19.1. The third-order valence-corrected chi connectivity index (χ3v) is 4.89. The first-order valence-corrected chi connectivity index (χ1v) is 10.4. The Bertz CT molecular complexity index is 1340. The molecule has 0 aliphatic heterocycles. The van der Waals surface area contributed by atoms with Crippen molar-refractivity contribution in [2.75, 3.05) is 5.32 Å². The van der Waals surface area contributed by atoms with Crippen molar-refractivity contribution in [3.05, 3.63) is 115 Å². The Morgan fingerprint density at radius 3 is 2.18 bits per heavy atom. The van der Waals surface area contributed by atoms with Crippen molar-refractivity contribution in [1.82, 2.24) is 15.0 Å². The zero-order chi connectivity index (χ0) is 22.5. The molecule has 5 aromatic rings. The molecule has 0 unspecified atom stereocenters. The second-order valence-electron chi connectivity index (χ2n) is 7.28. The summed E-state index contributed by atoms with van der Waals surface area (Å²) in [6.07, 6.45) is 3.41. The molecule has 5 nitrogen and oxygen atoms in total. The normalized spacial score (nSPS) is 10.6. The van der Waals surface area contributed by atoms with E-state index in [-0.39, 0.29) is 5.82 Å². The fourth-order valence-corrected chi connectivity index (χ4v) is 3.28. The van der Waals surface area contributed by atoms with Crippen molar-refractivity contribution in [3.63, 3.8) is 0 Å². The quantitative estimate of drug-likeness (QED) is 0.316. The van der Waals surface area contributed by atoms with E-state index in [0.717, 1.165) is 28.3 Å². The number of rotatable bonds is 6. The van der Waals surface area contributed by atoms with Crippen LogP contribution in [0.4, 0.5) is 15.9 Å². The standard InChI is InChI=1S/C27H19FN4O/c28-21-10-8-19(9-11-21)25-17-26(32-27(31-25)20-5-4-16-29-18-20)30-22-12-14-24(15-13-22)33-23-6-2-1-3-7-23/h1-18H,(H,30,31,32). The van der Waals surface area contributed by atoms with Gasteiger partial charge in [-0.1, -0.05) is 18.2 Å². The van der Waals surface area contributed by atoms with Crippen LogP contribution in [0.2, 0.25) is 0 Å². The lowest BCUT2D eigenvalue weighted by Gasteiger charge is -2.11. The summed E-state index contributed by atoms with van der Waals surface area (Å²) >= 11 is 0. The van der Waals surface area contributed by atoms with Gasteiger partial charge < -0.3 is 10.1 Å². The number of para-hydroxylation sites is 1. The Balaban J connectivity index is 1.44. The third-order valence-electron chi connectivity index (χ3n) is 4.89. The number of pyridine rings is 1. The van der Waals surface area contributed by atoms with E-state index in [9.17, 15) is 4.39 Å². The lowest BCUT2D eigenvalue weighted by molar-refractivity contribution is 0.483. The highest BCUT2D eigenvalue weighted by molar-refractivity contribution is 5.69. The number of nitrogens with one attached hydrogen (secondary N) is 1. The van der Waals surface area contributed by atoms with Crippen LogP contribution in [0.15, 0.2) is 109 Å². The van der Waals surface area contributed by atoms with Crippen LogP contribution in [0.25, 0.3) is 22.6 Å². The van der Waals surface area contributed by atoms with Crippen LogP contribution in [0.1, 0.15) is 0 Å². The SMILES string of the molecule is Fc1ccc(-c2cc(Nc3ccc(Oc4ccccc4)cc3)nc(-c3cccnc3)n2)cc1. The summed E-state index contributed by atoms with van der Waals surface area (Å²) in [4.78, 5) is 13.5.